The van der Waals surface area contributed by atoms with Gasteiger partial charge in [-0.15, -0.1) is 5.10 Å². The second kappa shape index (κ2) is 5.36. The van der Waals surface area contributed by atoms with Crippen molar-refractivity contribution in [3.63, 3.8) is 0 Å². The van der Waals surface area contributed by atoms with Crippen molar-refractivity contribution in [2.24, 2.45) is 5.92 Å². The predicted molar refractivity (Wildman–Crippen MR) is 60.2 cm³/mol. The van der Waals surface area contributed by atoms with E-state index in [1.807, 2.05) is 4.90 Å². The second-order valence-electron chi connectivity index (χ2n) is 4.06. The highest BCUT2D eigenvalue weighted by Gasteiger charge is 2.25. The van der Waals surface area contributed by atoms with Crippen molar-refractivity contribution in [1.29, 1.82) is 0 Å². The lowest BCUT2D eigenvalue weighted by Gasteiger charge is -2.31. The Morgan fingerprint density at radius 2 is 2.56 bits per heavy atom. The molecule has 1 saturated heterocycles. The first-order chi connectivity index (χ1) is 7.81. The van der Waals surface area contributed by atoms with Crippen molar-refractivity contribution >= 4 is 17.4 Å². The molecule has 0 aliphatic carbocycles. The van der Waals surface area contributed by atoms with Gasteiger partial charge in [0.1, 0.15) is 0 Å². The minimum absolute atomic E-state index is 0.0311. The van der Waals surface area contributed by atoms with E-state index >= 15 is 0 Å². The Labute approximate surface area is 98.2 Å². The monoisotopic (exact) mass is 241 g/mol. The molecule has 0 bridgehead atoms. The van der Waals surface area contributed by atoms with Gasteiger partial charge < -0.3 is 10.0 Å². The summed E-state index contributed by atoms with van der Waals surface area (Å²) in [6.45, 7) is 1.72. The van der Waals surface area contributed by atoms with E-state index in [1.165, 1.54) is 11.5 Å². The van der Waals surface area contributed by atoms with Crippen molar-refractivity contribution in [3.05, 3.63) is 11.1 Å². The number of aromatic nitrogens is 2. The van der Waals surface area contributed by atoms with E-state index in [2.05, 4.69) is 9.59 Å². The molecule has 1 fully saturated rings. The average molecular weight is 241 g/mol. The van der Waals surface area contributed by atoms with E-state index in [0.29, 0.717) is 11.6 Å². The predicted octanol–water partition coefficient (Wildman–Crippen LogP) is 0.773. The summed E-state index contributed by atoms with van der Waals surface area (Å²) < 4.78 is 3.70. The van der Waals surface area contributed by atoms with Gasteiger partial charge in [0.25, 0.3) is 5.91 Å². The lowest BCUT2D eigenvalue weighted by atomic mass is 9.95. The third-order valence-corrected chi connectivity index (χ3v) is 3.43. The van der Waals surface area contributed by atoms with Crippen LogP contribution < -0.4 is 0 Å². The highest BCUT2D eigenvalue weighted by atomic mass is 32.1. The van der Waals surface area contributed by atoms with Crippen molar-refractivity contribution < 1.29 is 9.90 Å². The highest BCUT2D eigenvalue weighted by molar-refractivity contribution is 7.03. The summed E-state index contributed by atoms with van der Waals surface area (Å²) in [5.41, 5.74) is 0.439. The molecule has 1 aliphatic rings. The normalized spacial score (nSPS) is 21.1. The Balaban J connectivity index is 1.96. The highest BCUT2D eigenvalue weighted by Crippen LogP contribution is 2.20. The SMILES string of the molecule is O=C(c1csnn1)N1CCCC(CCO)C1. The summed E-state index contributed by atoms with van der Waals surface area (Å²) in [6, 6.07) is 0. The Kier molecular flexibility index (Phi) is 3.84. The zero-order chi connectivity index (χ0) is 11.4. The molecule has 1 amide bonds. The average Bonchev–Trinajstić information content (AvgIpc) is 2.82. The quantitative estimate of drug-likeness (QED) is 0.849. The molecule has 1 aromatic heterocycles. The zero-order valence-corrected chi connectivity index (χ0v) is 9.82. The van der Waals surface area contributed by atoms with Gasteiger partial charge in [0.15, 0.2) is 5.69 Å². The van der Waals surface area contributed by atoms with Gasteiger partial charge >= 0.3 is 0 Å². The summed E-state index contributed by atoms with van der Waals surface area (Å²) in [7, 11) is 0. The van der Waals surface area contributed by atoms with Crippen LogP contribution in [-0.4, -0.2) is 45.2 Å². The number of nitrogens with zero attached hydrogens (tertiary/aromatic N) is 3. The molecule has 0 radical (unpaired) electrons. The van der Waals surface area contributed by atoms with Gasteiger partial charge in [-0.1, -0.05) is 4.49 Å². The fraction of sp³-hybridized carbons (Fsp3) is 0.700. The number of carbonyl (C=O) groups is 1. The largest absolute Gasteiger partial charge is 0.396 e. The molecular weight excluding hydrogens is 226 g/mol. The van der Waals surface area contributed by atoms with E-state index in [1.54, 1.807) is 5.38 Å². The van der Waals surface area contributed by atoms with Crippen LogP contribution in [0.3, 0.4) is 0 Å². The number of aliphatic hydroxyl groups is 1. The molecule has 16 heavy (non-hydrogen) atoms. The maximum atomic E-state index is 12.0. The topological polar surface area (TPSA) is 66.3 Å². The third kappa shape index (κ3) is 2.56. The van der Waals surface area contributed by atoms with Crippen LogP contribution in [0.25, 0.3) is 0 Å². The molecule has 0 aromatic carbocycles. The number of hydrogen-bond acceptors (Lipinski definition) is 5. The Morgan fingerprint density at radius 3 is 3.25 bits per heavy atom. The summed E-state index contributed by atoms with van der Waals surface area (Å²) in [4.78, 5) is 13.8. The minimum Gasteiger partial charge on any atom is -0.396 e. The van der Waals surface area contributed by atoms with Crippen molar-refractivity contribution in [1.82, 2.24) is 14.5 Å². The summed E-state index contributed by atoms with van der Waals surface area (Å²) >= 11 is 1.19. The van der Waals surface area contributed by atoms with Gasteiger partial charge in [-0.3, -0.25) is 4.79 Å². The fourth-order valence-corrected chi connectivity index (χ4v) is 2.52. The van der Waals surface area contributed by atoms with E-state index < -0.39 is 0 Å². The third-order valence-electron chi connectivity index (χ3n) is 2.92. The van der Waals surface area contributed by atoms with Crippen LogP contribution in [0.2, 0.25) is 0 Å². The van der Waals surface area contributed by atoms with Gasteiger partial charge in [0.05, 0.1) is 0 Å². The van der Waals surface area contributed by atoms with Crippen LogP contribution in [0.15, 0.2) is 5.38 Å². The van der Waals surface area contributed by atoms with Crippen molar-refractivity contribution in [3.8, 4) is 0 Å². The molecule has 0 saturated carbocycles. The van der Waals surface area contributed by atoms with E-state index in [4.69, 9.17) is 5.11 Å². The number of piperidine rings is 1. The number of amides is 1. The number of hydrogen-bond donors (Lipinski definition) is 1. The van der Waals surface area contributed by atoms with Gasteiger partial charge in [-0.2, -0.15) is 0 Å². The summed E-state index contributed by atoms with van der Waals surface area (Å²) in [6.07, 6.45) is 2.88. The maximum absolute atomic E-state index is 12.0. The molecule has 2 heterocycles. The second-order valence-corrected chi connectivity index (χ2v) is 4.67. The van der Waals surface area contributed by atoms with Crippen LogP contribution in [0.5, 0.6) is 0 Å². The summed E-state index contributed by atoms with van der Waals surface area (Å²) in [5, 5.41) is 14.4. The number of rotatable bonds is 3. The standard InChI is InChI=1S/C10H15N3O2S/c14-5-3-8-2-1-4-13(6-8)10(15)9-7-16-12-11-9/h7-8,14H,1-6H2. The molecule has 1 atom stereocenters. The van der Waals surface area contributed by atoms with Gasteiger partial charge in [0.2, 0.25) is 0 Å². The van der Waals surface area contributed by atoms with Gasteiger partial charge in [-0.25, -0.2) is 0 Å². The van der Waals surface area contributed by atoms with Crippen LogP contribution in [0.1, 0.15) is 29.8 Å². The Bertz CT molecular complexity index is 340. The molecular formula is C10H15N3O2S. The van der Waals surface area contributed by atoms with Gasteiger partial charge in [-0.05, 0) is 36.7 Å². The Morgan fingerprint density at radius 1 is 1.69 bits per heavy atom. The molecule has 1 N–H and O–H groups in total. The Hall–Kier alpha value is -1.01. The number of likely N-dealkylation sites (tertiary alicyclic amines) is 1. The van der Waals surface area contributed by atoms with Crippen molar-refractivity contribution in [2.45, 2.75) is 19.3 Å². The van der Waals surface area contributed by atoms with E-state index in [0.717, 1.165) is 32.4 Å². The lowest BCUT2D eigenvalue weighted by Crippen LogP contribution is -2.40. The molecule has 6 heteroatoms. The van der Waals surface area contributed by atoms with Crippen molar-refractivity contribution in [2.75, 3.05) is 19.7 Å². The first-order valence-electron chi connectivity index (χ1n) is 5.48. The molecule has 88 valence electrons. The molecule has 1 aromatic rings. The first kappa shape index (κ1) is 11.5. The summed E-state index contributed by atoms with van der Waals surface area (Å²) in [5.74, 6) is 0.394. The van der Waals surface area contributed by atoms with E-state index in [-0.39, 0.29) is 12.5 Å². The van der Waals surface area contributed by atoms with Crippen LogP contribution >= 0.6 is 11.5 Å². The molecule has 1 unspecified atom stereocenters. The lowest BCUT2D eigenvalue weighted by molar-refractivity contribution is 0.0648. The molecule has 0 spiro atoms. The fourth-order valence-electron chi connectivity index (χ4n) is 2.09. The van der Waals surface area contributed by atoms with Gasteiger partial charge in [0, 0.05) is 25.1 Å². The number of carbonyl (C=O) groups excluding carboxylic acids is 1. The van der Waals surface area contributed by atoms with Crippen LogP contribution in [0.4, 0.5) is 0 Å². The maximum Gasteiger partial charge on any atom is 0.275 e. The molecule has 2 rings (SSSR count). The van der Waals surface area contributed by atoms with Crippen LogP contribution in [-0.2, 0) is 0 Å². The molecule has 5 nitrogen and oxygen atoms in total. The number of aliphatic hydroxyl groups excluding tert-OH is 1. The van der Waals surface area contributed by atoms with E-state index in [9.17, 15) is 4.79 Å². The first-order valence-corrected chi connectivity index (χ1v) is 6.32. The van der Waals surface area contributed by atoms with Crippen LogP contribution in [0, 0.1) is 5.92 Å². The minimum atomic E-state index is -0.0311. The zero-order valence-electron chi connectivity index (χ0n) is 9.00. The molecule has 1 aliphatic heterocycles. The smallest absolute Gasteiger partial charge is 0.275 e.